The molecule has 0 fully saturated rings. The third-order valence-corrected chi connectivity index (χ3v) is 13.7. The first-order valence-corrected chi connectivity index (χ1v) is 32.5. The van der Waals surface area contributed by atoms with Gasteiger partial charge in [-0.25, -0.2) is 0 Å². The lowest BCUT2D eigenvalue weighted by atomic mass is 10.0. The van der Waals surface area contributed by atoms with Crippen molar-refractivity contribution in [3.8, 4) is 0 Å². The van der Waals surface area contributed by atoms with E-state index >= 15 is 0 Å². The zero-order valence-corrected chi connectivity index (χ0v) is 50.9. The van der Waals surface area contributed by atoms with Crippen LogP contribution in [0.15, 0.2) is 122 Å². The number of esters is 3. The Morgan fingerprint density at radius 1 is 0.269 bits per heavy atom. The van der Waals surface area contributed by atoms with Gasteiger partial charge in [-0.3, -0.25) is 14.4 Å². The molecule has 0 aromatic heterocycles. The fourth-order valence-electron chi connectivity index (χ4n) is 8.87. The Morgan fingerprint density at radius 2 is 0.500 bits per heavy atom. The van der Waals surface area contributed by atoms with Crippen LogP contribution in [-0.4, -0.2) is 37.2 Å². The number of carbonyl (C=O) groups is 3. The van der Waals surface area contributed by atoms with Crippen LogP contribution in [0.1, 0.15) is 297 Å². The Balaban J connectivity index is 4.37. The largest absolute Gasteiger partial charge is 0.462 e. The van der Waals surface area contributed by atoms with E-state index in [1.807, 2.05) is 0 Å². The molecule has 0 aliphatic heterocycles. The van der Waals surface area contributed by atoms with Gasteiger partial charge in [0.15, 0.2) is 6.10 Å². The van der Waals surface area contributed by atoms with Gasteiger partial charge in [-0.05, 0) is 128 Å². The molecular formula is C72H120O6. The summed E-state index contributed by atoms with van der Waals surface area (Å²) >= 11 is 0. The maximum absolute atomic E-state index is 12.9. The van der Waals surface area contributed by atoms with E-state index in [9.17, 15) is 14.4 Å². The van der Waals surface area contributed by atoms with Gasteiger partial charge in [0, 0.05) is 19.3 Å². The third-order valence-electron chi connectivity index (χ3n) is 13.7. The molecule has 0 saturated heterocycles. The molecule has 0 bridgehead atoms. The van der Waals surface area contributed by atoms with Crippen LogP contribution >= 0.6 is 0 Å². The van der Waals surface area contributed by atoms with E-state index in [1.165, 1.54) is 122 Å². The van der Waals surface area contributed by atoms with Gasteiger partial charge in [-0.1, -0.05) is 271 Å². The van der Waals surface area contributed by atoms with Crippen molar-refractivity contribution in [1.82, 2.24) is 0 Å². The summed E-state index contributed by atoms with van der Waals surface area (Å²) in [6.45, 7) is 6.40. The molecule has 0 amide bonds. The molecule has 0 aromatic rings. The van der Waals surface area contributed by atoms with Crippen molar-refractivity contribution in [2.24, 2.45) is 0 Å². The molecule has 0 rings (SSSR count). The summed E-state index contributed by atoms with van der Waals surface area (Å²) in [5, 5.41) is 0. The van der Waals surface area contributed by atoms with Crippen LogP contribution in [0.25, 0.3) is 0 Å². The summed E-state index contributed by atoms with van der Waals surface area (Å²) < 4.78 is 16.9. The Morgan fingerprint density at radius 3 is 0.795 bits per heavy atom. The highest BCUT2D eigenvalue weighted by Crippen LogP contribution is 2.15. The van der Waals surface area contributed by atoms with Crippen LogP contribution in [0, 0.1) is 0 Å². The van der Waals surface area contributed by atoms with E-state index in [4.69, 9.17) is 14.2 Å². The van der Waals surface area contributed by atoms with Crippen LogP contribution in [0.2, 0.25) is 0 Å². The van der Waals surface area contributed by atoms with Crippen molar-refractivity contribution in [2.45, 2.75) is 303 Å². The van der Waals surface area contributed by atoms with E-state index in [2.05, 4.69) is 142 Å². The van der Waals surface area contributed by atoms with Crippen molar-refractivity contribution in [3.63, 3.8) is 0 Å². The van der Waals surface area contributed by atoms with Crippen LogP contribution in [0.4, 0.5) is 0 Å². The third kappa shape index (κ3) is 62.7. The van der Waals surface area contributed by atoms with Crippen molar-refractivity contribution < 1.29 is 28.6 Å². The number of rotatable bonds is 58. The molecular weight excluding hydrogens is 961 g/mol. The van der Waals surface area contributed by atoms with E-state index in [-0.39, 0.29) is 31.1 Å². The number of allylic oxidation sites excluding steroid dienone is 20. The summed E-state index contributed by atoms with van der Waals surface area (Å²) in [5.74, 6) is -0.923. The molecule has 0 radical (unpaired) electrons. The van der Waals surface area contributed by atoms with Gasteiger partial charge in [0.1, 0.15) is 13.2 Å². The topological polar surface area (TPSA) is 78.9 Å². The van der Waals surface area contributed by atoms with E-state index in [1.54, 1.807) is 0 Å². The molecule has 1 unspecified atom stereocenters. The van der Waals surface area contributed by atoms with Crippen molar-refractivity contribution in [1.29, 1.82) is 0 Å². The van der Waals surface area contributed by atoms with Gasteiger partial charge in [-0.15, -0.1) is 0 Å². The fraction of sp³-hybridized carbons (Fsp3) is 0.681. The molecule has 6 nitrogen and oxygen atoms in total. The molecule has 0 aliphatic rings. The minimum Gasteiger partial charge on any atom is -0.462 e. The summed E-state index contributed by atoms with van der Waals surface area (Å²) in [5.41, 5.74) is 0. The van der Waals surface area contributed by atoms with Gasteiger partial charge in [0.25, 0.3) is 0 Å². The Labute approximate surface area is 482 Å². The predicted molar refractivity (Wildman–Crippen MR) is 339 cm³/mol. The molecule has 444 valence electrons. The van der Waals surface area contributed by atoms with Crippen LogP contribution < -0.4 is 0 Å². The standard InChI is InChI=1S/C72H120O6/c1-4-7-10-13-16-19-22-25-28-31-32-33-34-35-36-37-38-39-40-42-44-47-50-53-56-59-62-65-71(74)77-68-69(67-76-70(73)64-61-58-55-52-49-46-43-30-27-24-21-18-15-12-9-6-3)78-72(75)66-63-60-57-54-51-48-45-41-29-26-23-20-17-14-11-8-5-2/h7-8,10-11,16-17,19-20,25-26,28-30,32-33,35-36,43,45,48,69H,4-6,9,12-15,18,21-24,27,31,34,37-42,44,46-47,49-68H2,1-3H3/b10-7-,11-8-,19-16-,20-17-,28-25-,29-26-,33-32-,36-35-,43-30-,48-45-. The van der Waals surface area contributed by atoms with E-state index in [0.717, 1.165) is 135 Å². The van der Waals surface area contributed by atoms with Crippen molar-refractivity contribution in [3.05, 3.63) is 122 Å². The first-order chi connectivity index (χ1) is 38.5. The zero-order chi connectivity index (χ0) is 56.4. The Bertz CT molecular complexity index is 1620. The van der Waals surface area contributed by atoms with Crippen LogP contribution in [-0.2, 0) is 28.6 Å². The second-order valence-electron chi connectivity index (χ2n) is 21.3. The lowest BCUT2D eigenvalue weighted by Gasteiger charge is -2.18. The predicted octanol–water partition coefficient (Wildman–Crippen LogP) is 22.4. The van der Waals surface area contributed by atoms with Crippen molar-refractivity contribution >= 4 is 17.9 Å². The van der Waals surface area contributed by atoms with E-state index < -0.39 is 6.10 Å². The second kappa shape index (κ2) is 65.3. The minimum absolute atomic E-state index is 0.0937. The minimum atomic E-state index is -0.800. The maximum atomic E-state index is 12.9. The molecule has 0 saturated carbocycles. The number of ether oxygens (including phenoxy) is 3. The van der Waals surface area contributed by atoms with Crippen LogP contribution in [0.5, 0.6) is 0 Å². The molecule has 0 aromatic carbocycles. The quantitative estimate of drug-likeness (QED) is 0.0261. The molecule has 78 heavy (non-hydrogen) atoms. The maximum Gasteiger partial charge on any atom is 0.306 e. The van der Waals surface area contributed by atoms with Gasteiger partial charge in [0.2, 0.25) is 0 Å². The fourth-order valence-corrected chi connectivity index (χ4v) is 8.87. The van der Waals surface area contributed by atoms with E-state index in [0.29, 0.717) is 19.3 Å². The zero-order valence-electron chi connectivity index (χ0n) is 50.9. The van der Waals surface area contributed by atoms with Crippen molar-refractivity contribution in [2.75, 3.05) is 13.2 Å². The second-order valence-corrected chi connectivity index (χ2v) is 21.3. The highest BCUT2D eigenvalue weighted by atomic mass is 16.6. The lowest BCUT2D eigenvalue weighted by Crippen LogP contribution is -2.30. The number of hydrogen-bond donors (Lipinski definition) is 0. The molecule has 6 heteroatoms. The van der Waals surface area contributed by atoms with Gasteiger partial charge < -0.3 is 14.2 Å². The summed E-state index contributed by atoms with van der Waals surface area (Å²) in [6.07, 6.45) is 90.6. The Kier molecular flexibility index (Phi) is 61.8. The molecule has 0 aliphatic carbocycles. The smallest absolute Gasteiger partial charge is 0.306 e. The lowest BCUT2D eigenvalue weighted by molar-refractivity contribution is -0.167. The number of hydrogen-bond acceptors (Lipinski definition) is 6. The summed E-state index contributed by atoms with van der Waals surface area (Å²) in [6, 6.07) is 0. The number of carbonyl (C=O) groups excluding carboxylic acids is 3. The molecule has 1 atom stereocenters. The molecule has 0 heterocycles. The summed E-state index contributed by atoms with van der Waals surface area (Å²) in [4.78, 5) is 38.3. The molecule has 0 N–H and O–H groups in total. The average molecular weight is 1080 g/mol. The molecule has 0 spiro atoms. The van der Waals surface area contributed by atoms with Gasteiger partial charge in [0.05, 0.1) is 0 Å². The first kappa shape index (κ1) is 73.8. The van der Waals surface area contributed by atoms with Crippen LogP contribution in [0.3, 0.4) is 0 Å². The van der Waals surface area contributed by atoms with Gasteiger partial charge in [-0.2, -0.15) is 0 Å². The van der Waals surface area contributed by atoms with Gasteiger partial charge >= 0.3 is 17.9 Å². The monoisotopic (exact) mass is 1080 g/mol. The average Bonchev–Trinajstić information content (AvgIpc) is 3.44. The normalized spacial score (nSPS) is 12.9. The first-order valence-electron chi connectivity index (χ1n) is 32.5. The SMILES string of the molecule is CC/C=C\C/C=C\C/C=C\C/C=C\C/C=C\CCCCCCCCCCCCCC(=O)OCC(COC(=O)CCCCCCC/C=C\CCCCCCCCC)OC(=O)CCCCCC/C=C\C/C=C\C/C=C\C/C=C\CC. The summed E-state index contributed by atoms with van der Waals surface area (Å²) in [7, 11) is 0. The highest BCUT2D eigenvalue weighted by molar-refractivity contribution is 5.71. The Hall–Kier alpha value is -4.19. The highest BCUT2D eigenvalue weighted by Gasteiger charge is 2.19. The number of unbranched alkanes of at least 4 members (excludes halogenated alkanes) is 27.